The zero-order chi connectivity index (χ0) is 27.0. The van der Waals surface area contributed by atoms with Gasteiger partial charge in [0.1, 0.15) is 11.9 Å². The molecule has 1 aliphatic carbocycles. The van der Waals surface area contributed by atoms with E-state index in [4.69, 9.17) is 4.98 Å². The van der Waals surface area contributed by atoms with E-state index < -0.39 is 12.0 Å². The molecule has 4 heterocycles. The van der Waals surface area contributed by atoms with Crippen molar-refractivity contribution in [2.75, 3.05) is 31.5 Å². The van der Waals surface area contributed by atoms with Gasteiger partial charge in [0.15, 0.2) is 0 Å². The third kappa shape index (κ3) is 7.73. The summed E-state index contributed by atoms with van der Waals surface area (Å²) in [5.74, 6) is -0.118. The van der Waals surface area contributed by atoms with Crippen LogP contribution in [-0.4, -0.2) is 86.0 Å². The van der Waals surface area contributed by atoms with Gasteiger partial charge in [0, 0.05) is 50.0 Å². The summed E-state index contributed by atoms with van der Waals surface area (Å²) in [6.45, 7) is 3.95. The third-order valence-corrected chi connectivity index (χ3v) is 8.11. The number of aliphatic carboxylic acids is 1. The average Bonchev–Trinajstić information content (AvgIpc) is 3.70. The van der Waals surface area contributed by atoms with Gasteiger partial charge in [-0.05, 0) is 88.9 Å². The molecular weight excluding hydrogens is 494 g/mol. The molecule has 1 saturated heterocycles. The number of carboxylic acid groups (broad SMARTS) is 1. The molecule has 3 N–H and O–H groups in total. The van der Waals surface area contributed by atoms with E-state index in [1.54, 1.807) is 18.6 Å². The van der Waals surface area contributed by atoms with Crippen molar-refractivity contribution in [3.05, 3.63) is 47.7 Å². The minimum atomic E-state index is -0.968. The lowest BCUT2D eigenvalue weighted by molar-refractivity contribution is -0.142. The standard InChI is InChI=1S/C29H41N7O3/c37-28(26-7-4-17-36(26)20-23-19-30-14-15-31-23)34-25(29(38)39)12-18-35(24-10-11-24)16-2-1-6-22-9-8-21-5-3-13-32-27(21)33-22/h8-9,14-15,19,24-26H,1-7,10-13,16-18,20H2,(H,32,33)(H,34,37)(H,38,39). The van der Waals surface area contributed by atoms with Crippen molar-refractivity contribution in [2.45, 2.75) is 88.9 Å². The largest absolute Gasteiger partial charge is 0.480 e. The molecular formula is C29H41N7O3. The number of carbonyl (C=O) groups is 2. The normalized spacial score (nSPS) is 19.9. The van der Waals surface area contributed by atoms with E-state index >= 15 is 0 Å². The van der Waals surface area contributed by atoms with E-state index in [2.05, 4.69) is 42.5 Å². The molecule has 1 saturated carbocycles. The molecule has 39 heavy (non-hydrogen) atoms. The molecule has 10 heteroatoms. The summed E-state index contributed by atoms with van der Waals surface area (Å²) in [7, 11) is 0. The highest BCUT2D eigenvalue weighted by Gasteiger charge is 2.34. The molecule has 1 amide bonds. The SMILES string of the molecule is O=C(O)C(CCN(CCCCc1ccc2c(n1)NCCC2)C1CC1)NC(=O)C1CCCN1Cc1cnccn1. The number of unbranched alkanes of at least 4 members (excludes halogenated alkanes) is 1. The van der Waals surface area contributed by atoms with Crippen molar-refractivity contribution >= 4 is 17.7 Å². The molecule has 2 aromatic rings. The lowest BCUT2D eigenvalue weighted by atomic mass is 10.1. The molecule has 3 aliphatic rings. The van der Waals surface area contributed by atoms with Crippen LogP contribution in [0.3, 0.4) is 0 Å². The topological polar surface area (TPSA) is 124 Å². The highest BCUT2D eigenvalue weighted by molar-refractivity contribution is 5.87. The summed E-state index contributed by atoms with van der Waals surface area (Å²) in [6.07, 6.45) is 14.7. The van der Waals surface area contributed by atoms with Crippen LogP contribution in [-0.2, 0) is 29.0 Å². The highest BCUT2D eigenvalue weighted by atomic mass is 16.4. The van der Waals surface area contributed by atoms with E-state index in [1.807, 2.05) is 0 Å². The Morgan fingerprint density at radius 1 is 1.13 bits per heavy atom. The lowest BCUT2D eigenvalue weighted by Crippen LogP contribution is -2.50. The number of amides is 1. The Labute approximate surface area is 230 Å². The Hall–Kier alpha value is -3.11. The first-order chi connectivity index (χ1) is 19.1. The number of nitrogens with one attached hydrogen (secondary N) is 2. The Balaban J connectivity index is 1.07. The Kier molecular flexibility index (Phi) is 9.36. The van der Waals surface area contributed by atoms with E-state index in [0.717, 1.165) is 75.4 Å². The van der Waals surface area contributed by atoms with E-state index in [0.29, 0.717) is 25.6 Å². The average molecular weight is 536 g/mol. The summed E-state index contributed by atoms with van der Waals surface area (Å²) in [4.78, 5) is 42.9. The number of carboxylic acids is 1. The zero-order valence-electron chi connectivity index (χ0n) is 22.7. The van der Waals surface area contributed by atoms with Gasteiger partial charge in [0.05, 0.1) is 11.7 Å². The zero-order valence-corrected chi connectivity index (χ0v) is 22.7. The molecule has 0 radical (unpaired) electrons. The van der Waals surface area contributed by atoms with Gasteiger partial charge in [-0.3, -0.25) is 19.7 Å². The van der Waals surface area contributed by atoms with Crippen LogP contribution in [0.25, 0.3) is 0 Å². The summed E-state index contributed by atoms with van der Waals surface area (Å²) in [5.41, 5.74) is 3.26. The molecule has 5 rings (SSSR count). The number of likely N-dealkylation sites (tertiary alicyclic amines) is 1. The Morgan fingerprint density at radius 2 is 2.03 bits per heavy atom. The Bertz CT molecular complexity index is 1110. The summed E-state index contributed by atoms with van der Waals surface area (Å²) in [5, 5.41) is 16.1. The number of aryl methyl sites for hydroxylation is 2. The van der Waals surface area contributed by atoms with Crippen LogP contribution in [0.5, 0.6) is 0 Å². The van der Waals surface area contributed by atoms with Gasteiger partial charge < -0.3 is 20.6 Å². The fraction of sp³-hybridized carbons (Fsp3) is 0.621. The number of hydrogen-bond acceptors (Lipinski definition) is 8. The van der Waals surface area contributed by atoms with Crippen LogP contribution < -0.4 is 10.6 Å². The quantitative estimate of drug-likeness (QED) is 0.313. The molecule has 2 aliphatic heterocycles. The number of nitrogens with zero attached hydrogens (tertiary/aromatic N) is 5. The number of anilines is 1. The van der Waals surface area contributed by atoms with Crippen LogP contribution in [0.15, 0.2) is 30.7 Å². The second-order valence-electron chi connectivity index (χ2n) is 11.1. The molecule has 0 spiro atoms. The number of aromatic nitrogens is 3. The van der Waals surface area contributed by atoms with Gasteiger partial charge in [0.2, 0.25) is 5.91 Å². The first kappa shape index (κ1) is 27.5. The van der Waals surface area contributed by atoms with Gasteiger partial charge in [-0.1, -0.05) is 6.07 Å². The second-order valence-corrected chi connectivity index (χ2v) is 11.1. The van der Waals surface area contributed by atoms with Crippen LogP contribution in [0, 0.1) is 0 Å². The molecule has 2 fully saturated rings. The molecule has 2 unspecified atom stereocenters. The Morgan fingerprint density at radius 3 is 2.82 bits per heavy atom. The van der Waals surface area contributed by atoms with Crippen LogP contribution in [0.1, 0.15) is 68.3 Å². The van der Waals surface area contributed by atoms with Crippen LogP contribution in [0.4, 0.5) is 5.82 Å². The first-order valence-electron chi connectivity index (χ1n) is 14.6. The van der Waals surface area contributed by atoms with E-state index in [9.17, 15) is 14.7 Å². The maximum Gasteiger partial charge on any atom is 0.326 e. The predicted octanol–water partition coefficient (Wildman–Crippen LogP) is 2.64. The molecule has 210 valence electrons. The molecule has 2 atom stereocenters. The van der Waals surface area contributed by atoms with Crippen LogP contribution in [0.2, 0.25) is 0 Å². The van der Waals surface area contributed by atoms with Gasteiger partial charge in [-0.15, -0.1) is 0 Å². The highest BCUT2D eigenvalue weighted by Crippen LogP contribution is 2.28. The van der Waals surface area contributed by atoms with Crippen molar-refractivity contribution in [1.82, 2.24) is 30.1 Å². The first-order valence-corrected chi connectivity index (χ1v) is 14.6. The lowest BCUT2D eigenvalue weighted by Gasteiger charge is -2.27. The monoisotopic (exact) mass is 535 g/mol. The summed E-state index contributed by atoms with van der Waals surface area (Å²) in [6, 6.07) is 3.69. The number of carbonyl (C=O) groups excluding carboxylic acids is 1. The minimum absolute atomic E-state index is 0.200. The maximum atomic E-state index is 13.1. The number of fused-ring (bicyclic) bond motifs is 1. The summed E-state index contributed by atoms with van der Waals surface area (Å²) >= 11 is 0. The predicted molar refractivity (Wildman–Crippen MR) is 148 cm³/mol. The molecule has 2 aromatic heterocycles. The van der Waals surface area contributed by atoms with E-state index in [1.165, 1.54) is 24.8 Å². The maximum absolute atomic E-state index is 13.1. The number of hydrogen-bond donors (Lipinski definition) is 3. The molecule has 0 aromatic carbocycles. The second kappa shape index (κ2) is 13.3. The van der Waals surface area contributed by atoms with Gasteiger partial charge in [0.25, 0.3) is 0 Å². The molecule has 0 bridgehead atoms. The van der Waals surface area contributed by atoms with Gasteiger partial charge >= 0.3 is 5.97 Å². The fourth-order valence-electron chi connectivity index (χ4n) is 5.80. The van der Waals surface area contributed by atoms with Gasteiger partial charge in [-0.2, -0.15) is 0 Å². The third-order valence-electron chi connectivity index (χ3n) is 8.11. The van der Waals surface area contributed by atoms with Crippen molar-refractivity contribution in [3.8, 4) is 0 Å². The number of rotatable bonds is 14. The van der Waals surface area contributed by atoms with Crippen molar-refractivity contribution < 1.29 is 14.7 Å². The summed E-state index contributed by atoms with van der Waals surface area (Å²) < 4.78 is 0. The van der Waals surface area contributed by atoms with Crippen LogP contribution >= 0.6 is 0 Å². The smallest absolute Gasteiger partial charge is 0.326 e. The van der Waals surface area contributed by atoms with Crippen molar-refractivity contribution in [3.63, 3.8) is 0 Å². The van der Waals surface area contributed by atoms with E-state index in [-0.39, 0.29) is 11.9 Å². The van der Waals surface area contributed by atoms with Crippen molar-refractivity contribution in [1.29, 1.82) is 0 Å². The molecule has 10 nitrogen and oxygen atoms in total. The van der Waals surface area contributed by atoms with Crippen molar-refractivity contribution in [2.24, 2.45) is 0 Å². The van der Waals surface area contributed by atoms with Gasteiger partial charge in [-0.25, -0.2) is 9.78 Å². The number of pyridine rings is 1. The fourth-order valence-corrected chi connectivity index (χ4v) is 5.80. The minimum Gasteiger partial charge on any atom is -0.480 e.